The van der Waals surface area contributed by atoms with Crippen LogP contribution in [-0.2, 0) is 5.41 Å². The van der Waals surface area contributed by atoms with E-state index in [-0.39, 0.29) is 0 Å². The van der Waals surface area contributed by atoms with E-state index in [1.54, 1.807) is 0 Å². The van der Waals surface area contributed by atoms with E-state index < -0.39 is 5.41 Å². The summed E-state index contributed by atoms with van der Waals surface area (Å²) < 4.78 is 0. The van der Waals surface area contributed by atoms with Crippen LogP contribution in [-0.4, -0.2) is 0 Å². The van der Waals surface area contributed by atoms with E-state index in [0.717, 1.165) is 29.9 Å². The minimum absolute atomic E-state index is 0.397. The number of rotatable bonds is 5. The van der Waals surface area contributed by atoms with Gasteiger partial charge in [-0.05, 0) is 116 Å². The van der Waals surface area contributed by atoms with Crippen molar-refractivity contribution in [3.8, 4) is 33.4 Å². The minimum Gasteiger partial charge on any atom is -0.310 e. The van der Waals surface area contributed by atoms with Crippen molar-refractivity contribution in [2.45, 2.75) is 18.3 Å². The summed E-state index contributed by atoms with van der Waals surface area (Å²) in [6.45, 7) is 0. The van der Waals surface area contributed by atoms with Gasteiger partial charge in [-0.3, -0.25) is 0 Å². The van der Waals surface area contributed by atoms with E-state index in [1.807, 2.05) is 0 Å². The van der Waals surface area contributed by atoms with Crippen molar-refractivity contribution in [2.75, 3.05) is 4.90 Å². The standard InChI is InChI=1S/C49H35N/c1-3-15-34(16-4-1)36-19-13-21-38(31-36)50(39-22-14-20-37(32-39)35-17-5-2-6-18-35)40-29-30-44-43-25-9-12-28-47(43)49(48(44)33-40)45-26-10-7-23-41(45)42-24-8-11-27-46(42)49/h1,3-5,7-33H,2,6H2. The maximum absolute atomic E-state index is 2.48. The Morgan fingerprint density at radius 1 is 0.380 bits per heavy atom. The van der Waals surface area contributed by atoms with Gasteiger partial charge < -0.3 is 4.90 Å². The van der Waals surface area contributed by atoms with Crippen LogP contribution in [0.25, 0.3) is 39.0 Å². The minimum atomic E-state index is -0.397. The third kappa shape index (κ3) is 4.27. The highest BCUT2D eigenvalue weighted by Crippen LogP contribution is 2.63. The number of benzene rings is 7. The molecule has 0 bridgehead atoms. The third-order valence-corrected chi connectivity index (χ3v) is 10.9. The molecule has 0 amide bonds. The van der Waals surface area contributed by atoms with E-state index >= 15 is 0 Å². The number of nitrogens with zero attached hydrogens (tertiary/aromatic N) is 1. The van der Waals surface area contributed by atoms with Gasteiger partial charge in [0.2, 0.25) is 0 Å². The molecule has 3 aliphatic carbocycles. The average molecular weight is 638 g/mol. The molecular formula is C49H35N. The van der Waals surface area contributed by atoms with Crippen LogP contribution in [0.4, 0.5) is 17.1 Å². The first-order chi connectivity index (χ1) is 24.8. The Kier molecular flexibility index (Phi) is 6.60. The predicted octanol–water partition coefficient (Wildman–Crippen LogP) is 12.9. The van der Waals surface area contributed by atoms with Gasteiger partial charge in [-0.1, -0.05) is 152 Å². The molecule has 7 aromatic rings. The lowest BCUT2D eigenvalue weighted by atomic mass is 9.70. The molecule has 0 heterocycles. The van der Waals surface area contributed by atoms with E-state index in [4.69, 9.17) is 0 Å². The molecule has 0 unspecified atom stereocenters. The van der Waals surface area contributed by atoms with Crippen LogP contribution in [0.1, 0.15) is 40.7 Å². The van der Waals surface area contributed by atoms with Gasteiger partial charge >= 0.3 is 0 Å². The number of fused-ring (bicyclic) bond motifs is 10. The van der Waals surface area contributed by atoms with Gasteiger partial charge in [0.05, 0.1) is 5.41 Å². The second-order valence-electron chi connectivity index (χ2n) is 13.6. The summed E-state index contributed by atoms with van der Waals surface area (Å²) in [5.74, 6) is 0. The summed E-state index contributed by atoms with van der Waals surface area (Å²) in [6.07, 6.45) is 9.11. The van der Waals surface area contributed by atoms with Gasteiger partial charge in [-0.25, -0.2) is 0 Å². The lowest BCUT2D eigenvalue weighted by Gasteiger charge is -2.32. The van der Waals surface area contributed by atoms with Crippen molar-refractivity contribution in [3.63, 3.8) is 0 Å². The largest absolute Gasteiger partial charge is 0.310 e. The molecule has 236 valence electrons. The lowest BCUT2D eigenvalue weighted by molar-refractivity contribution is 0.793. The van der Waals surface area contributed by atoms with Gasteiger partial charge in [0.25, 0.3) is 0 Å². The van der Waals surface area contributed by atoms with Crippen molar-refractivity contribution in [1.29, 1.82) is 0 Å². The lowest BCUT2D eigenvalue weighted by Crippen LogP contribution is -2.26. The fraction of sp³-hybridized carbons (Fsp3) is 0.0612. The Balaban J connectivity index is 1.23. The van der Waals surface area contributed by atoms with Crippen LogP contribution in [0.3, 0.4) is 0 Å². The topological polar surface area (TPSA) is 3.24 Å². The zero-order valence-electron chi connectivity index (χ0n) is 27.8. The fourth-order valence-electron chi connectivity index (χ4n) is 8.78. The van der Waals surface area contributed by atoms with Crippen LogP contribution in [0, 0.1) is 0 Å². The molecule has 1 nitrogen and oxygen atoms in total. The van der Waals surface area contributed by atoms with E-state index in [2.05, 4.69) is 193 Å². The van der Waals surface area contributed by atoms with E-state index in [1.165, 1.54) is 66.8 Å². The molecule has 1 spiro atoms. The second kappa shape index (κ2) is 11.5. The van der Waals surface area contributed by atoms with Crippen molar-refractivity contribution in [1.82, 2.24) is 0 Å². The van der Waals surface area contributed by atoms with Crippen molar-refractivity contribution < 1.29 is 0 Å². The molecule has 1 heteroatoms. The number of hydrogen-bond donors (Lipinski definition) is 0. The monoisotopic (exact) mass is 637 g/mol. The molecule has 50 heavy (non-hydrogen) atoms. The second-order valence-corrected chi connectivity index (χ2v) is 13.6. The smallest absolute Gasteiger partial charge is 0.0726 e. The van der Waals surface area contributed by atoms with Crippen LogP contribution in [0.5, 0.6) is 0 Å². The predicted molar refractivity (Wildman–Crippen MR) is 209 cm³/mol. The van der Waals surface area contributed by atoms with Gasteiger partial charge in [0.15, 0.2) is 0 Å². The van der Waals surface area contributed by atoms with Gasteiger partial charge in [-0.2, -0.15) is 0 Å². The molecule has 0 aromatic heterocycles. The Hall–Kier alpha value is -6.18. The van der Waals surface area contributed by atoms with Gasteiger partial charge in [0.1, 0.15) is 0 Å². The number of allylic oxidation sites excluding steroid dienone is 4. The third-order valence-electron chi connectivity index (χ3n) is 10.9. The maximum Gasteiger partial charge on any atom is 0.0726 e. The summed E-state index contributed by atoms with van der Waals surface area (Å²) in [6, 6.07) is 63.0. The summed E-state index contributed by atoms with van der Waals surface area (Å²) in [5.41, 5.74) is 18.7. The molecular weight excluding hydrogens is 603 g/mol. The summed E-state index contributed by atoms with van der Waals surface area (Å²) in [4.78, 5) is 2.45. The average Bonchev–Trinajstić information content (AvgIpc) is 3.66. The highest BCUT2D eigenvalue weighted by atomic mass is 15.1. The van der Waals surface area contributed by atoms with Gasteiger partial charge in [-0.15, -0.1) is 0 Å². The molecule has 7 aromatic carbocycles. The maximum atomic E-state index is 2.48. The van der Waals surface area contributed by atoms with Crippen LogP contribution >= 0.6 is 0 Å². The zero-order valence-corrected chi connectivity index (χ0v) is 27.8. The number of anilines is 3. The molecule has 0 aliphatic heterocycles. The molecule has 3 aliphatic rings. The van der Waals surface area contributed by atoms with Crippen molar-refractivity contribution >= 4 is 22.6 Å². The fourth-order valence-corrected chi connectivity index (χ4v) is 8.78. The van der Waals surface area contributed by atoms with Crippen LogP contribution in [0.15, 0.2) is 188 Å². The van der Waals surface area contributed by atoms with E-state index in [0.29, 0.717) is 0 Å². The SMILES string of the molecule is C1=CC(c2cccc(N(c3cccc(-c4ccccc4)c3)c3ccc4c(c3)C3(c5ccccc5-c5ccccc53)c3ccccc3-4)c2)=CCC1. The Morgan fingerprint density at radius 2 is 0.900 bits per heavy atom. The molecule has 0 N–H and O–H groups in total. The van der Waals surface area contributed by atoms with Crippen LogP contribution in [0.2, 0.25) is 0 Å². The van der Waals surface area contributed by atoms with Crippen LogP contribution < -0.4 is 4.90 Å². The first-order valence-electron chi connectivity index (χ1n) is 17.7. The quantitative estimate of drug-likeness (QED) is 0.181. The molecule has 0 saturated carbocycles. The Labute approximate surface area is 294 Å². The summed E-state index contributed by atoms with van der Waals surface area (Å²) in [7, 11) is 0. The van der Waals surface area contributed by atoms with E-state index in [9.17, 15) is 0 Å². The first-order valence-corrected chi connectivity index (χ1v) is 17.7. The zero-order chi connectivity index (χ0) is 33.1. The van der Waals surface area contributed by atoms with Crippen molar-refractivity contribution in [2.24, 2.45) is 0 Å². The normalized spacial score (nSPS) is 14.4. The first kappa shape index (κ1) is 28.8. The molecule has 0 atom stereocenters. The number of hydrogen-bond acceptors (Lipinski definition) is 1. The van der Waals surface area contributed by atoms with Crippen molar-refractivity contribution in [3.05, 3.63) is 216 Å². The summed E-state index contributed by atoms with van der Waals surface area (Å²) in [5, 5.41) is 0. The highest BCUT2D eigenvalue weighted by Gasteiger charge is 2.51. The Bertz CT molecular complexity index is 2430. The Morgan fingerprint density at radius 3 is 1.52 bits per heavy atom. The van der Waals surface area contributed by atoms with Gasteiger partial charge in [0, 0.05) is 17.1 Å². The molecule has 0 saturated heterocycles. The highest BCUT2D eigenvalue weighted by molar-refractivity contribution is 5.96. The molecule has 0 radical (unpaired) electrons. The molecule has 0 fully saturated rings. The summed E-state index contributed by atoms with van der Waals surface area (Å²) >= 11 is 0. The molecule has 10 rings (SSSR count).